The number of anilines is 2. The summed E-state index contributed by atoms with van der Waals surface area (Å²) in [5.41, 5.74) is 3.12. The van der Waals surface area contributed by atoms with Crippen LogP contribution in [0.2, 0.25) is 0 Å². The number of pyridine rings is 1. The number of aromatic nitrogens is 1. The number of halogens is 2. The molecule has 0 saturated heterocycles. The highest BCUT2D eigenvalue weighted by atomic mass is 35.5. The summed E-state index contributed by atoms with van der Waals surface area (Å²) >= 11 is 0. The summed E-state index contributed by atoms with van der Waals surface area (Å²) < 4.78 is 6.14. The number of fused-ring (bicyclic) bond motifs is 1. The van der Waals surface area contributed by atoms with Crippen LogP contribution in [0.5, 0.6) is 5.75 Å². The molecule has 0 N–H and O–H groups in total. The standard InChI is InChI=1S/C34H43N5O4.2ClH/c1-7-39-29-13-12-28(23-30(29)37(6)32(41)34(3,4)33(39)42)43-21-9-18-38(24-26-14-16-35-17-15-26)20-19-36(5)31(40)27-11-8-10-25(2)22-27;;/h8,10-17,22-23H,7,9,18-21,24H2,1-6H3;2*1H. The number of ether oxygens (including phenoxy) is 1. The Balaban J connectivity index is 0.00000353. The smallest absolute Gasteiger partial charge is 0.253 e. The van der Waals surface area contributed by atoms with Gasteiger partial charge in [-0.25, -0.2) is 0 Å². The predicted molar refractivity (Wildman–Crippen MR) is 184 cm³/mol. The van der Waals surface area contributed by atoms with Crippen molar-refractivity contribution in [3.63, 3.8) is 0 Å². The molecule has 0 radical (unpaired) electrons. The second-order valence-corrected chi connectivity index (χ2v) is 11.6. The first kappa shape index (κ1) is 37.5. The molecule has 0 aliphatic carbocycles. The molecule has 45 heavy (non-hydrogen) atoms. The highest BCUT2D eigenvalue weighted by Crippen LogP contribution is 2.40. The fraction of sp³-hybridized carbons (Fsp3) is 0.412. The van der Waals surface area contributed by atoms with Crippen molar-refractivity contribution in [1.29, 1.82) is 0 Å². The molecule has 0 saturated carbocycles. The van der Waals surface area contributed by atoms with Crippen LogP contribution in [-0.4, -0.2) is 79.4 Å². The molecule has 3 amide bonds. The van der Waals surface area contributed by atoms with E-state index in [1.54, 1.807) is 48.0 Å². The molecule has 2 aromatic carbocycles. The Morgan fingerprint density at radius 1 is 0.933 bits per heavy atom. The van der Waals surface area contributed by atoms with Gasteiger partial charge in [0.25, 0.3) is 5.91 Å². The average molecular weight is 659 g/mol. The van der Waals surface area contributed by atoms with E-state index in [1.807, 2.05) is 75.5 Å². The van der Waals surface area contributed by atoms with Gasteiger partial charge in [0.2, 0.25) is 11.8 Å². The highest BCUT2D eigenvalue weighted by molar-refractivity contribution is 6.20. The van der Waals surface area contributed by atoms with Crippen molar-refractivity contribution in [3.05, 3.63) is 83.7 Å². The summed E-state index contributed by atoms with van der Waals surface area (Å²) in [6.07, 6.45) is 4.34. The Morgan fingerprint density at radius 2 is 1.64 bits per heavy atom. The molecular formula is C34H45Cl2N5O4. The van der Waals surface area contributed by atoms with Gasteiger partial charge in [-0.15, -0.1) is 24.8 Å². The van der Waals surface area contributed by atoms with Crippen LogP contribution < -0.4 is 14.5 Å². The van der Waals surface area contributed by atoms with Crippen molar-refractivity contribution in [3.8, 4) is 5.75 Å². The fourth-order valence-corrected chi connectivity index (χ4v) is 5.36. The van der Waals surface area contributed by atoms with E-state index in [9.17, 15) is 14.4 Å². The molecule has 0 atom stereocenters. The van der Waals surface area contributed by atoms with Crippen LogP contribution in [0.3, 0.4) is 0 Å². The lowest BCUT2D eigenvalue weighted by Crippen LogP contribution is -2.47. The minimum Gasteiger partial charge on any atom is -0.493 e. The van der Waals surface area contributed by atoms with E-state index < -0.39 is 5.41 Å². The van der Waals surface area contributed by atoms with Gasteiger partial charge < -0.3 is 19.4 Å². The summed E-state index contributed by atoms with van der Waals surface area (Å²) in [6, 6.07) is 17.2. The zero-order valence-corrected chi connectivity index (χ0v) is 28.6. The summed E-state index contributed by atoms with van der Waals surface area (Å²) in [7, 11) is 3.55. The molecule has 244 valence electrons. The first-order chi connectivity index (χ1) is 20.5. The quantitative estimate of drug-likeness (QED) is 0.185. The van der Waals surface area contributed by atoms with Crippen LogP contribution in [0.1, 0.15) is 48.7 Å². The molecule has 1 aliphatic rings. The van der Waals surface area contributed by atoms with Crippen LogP contribution in [0, 0.1) is 12.3 Å². The molecule has 2 heterocycles. The molecular weight excluding hydrogens is 613 g/mol. The summed E-state index contributed by atoms with van der Waals surface area (Å²) in [4.78, 5) is 50.7. The van der Waals surface area contributed by atoms with E-state index in [4.69, 9.17) is 4.74 Å². The fourth-order valence-electron chi connectivity index (χ4n) is 5.36. The Labute approximate surface area is 279 Å². The number of carbonyl (C=O) groups is 3. The summed E-state index contributed by atoms with van der Waals surface area (Å²) in [6.45, 7) is 11.0. The normalized spacial score (nSPS) is 13.8. The predicted octanol–water partition coefficient (Wildman–Crippen LogP) is 5.63. The first-order valence-electron chi connectivity index (χ1n) is 14.8. The number of nitrogens with zero attached hydrogens (tertiary/aromatic N) is 5. The third-order valence-electron chi connectivity index (χ3n) is 7.94. The minimum atomic E-state index is -1.15. The Hall–Kier alpha value is -3.66. The summed E-state index contributed by atoms with van der Waals surface area (Å²) in [5.74, 6) is 0.198. The van der Waals surface area contributed by atoms with Gasteiger partial charge in [-0.1, -0.05) is 17.7 Å². The van der Waals surface area contributed by atoms with E-state index in [1.165, 1.54) is 0 Å². The average Bonchev–Trinajstić information content (AvgIpc) is 3.05. The van der Waals surface area contributed by atoms with Crippen molar-refractivity contribution >= 4 is 53.9 Å². The van der Waals surface area contributed by atoms with E-state index in [2.05, 4.69) is 9.88 Å². The SMILES string of the molecule is CCN1C(=O)C(C)(C)C(=O)N(C)c2cc(OCCCN(CCN(C)C(=O)c3cccc(C)c3)Cc3ccncc3)ccc21.Cl.Cl. The monoisotopic (exact) mass is 657 g/mol. The van der Waals surface area contributed by atoms with Crippen molar-refractivity contribution in [2.45, 2.75) is 40.7 Å². The first-order valence-corrected chi connectivity index (χ1v) is 14.8. The molecule has 1 aromatic heterocycles. The maximum absolute atomic E-state index is 13.1. The molecule has 0 fully saturated rings. The van der Waals surface area contributed by atoms with E-state index in [0.29, 0.717) is 48.9 Å². The molecule has 3 aromatic rings. The highest BCUT2D eigenvalue weighted by Gasteiger charge is 2.45. The molecule has 9 nitrogen and oxygen atoms in total. The van der Waals surface area contributed by atoms with Crippen molar-refractivity contribution in [1.82, 2.24) is 14.8 Å². The maximum Gasteiger partial charge on any atom is 0.253 e. The molecule has 0 bridgehead atoms. The lowest BCUT2D eigenvalue weighted by Gasteiger charge is -2.27. The van der Waals surface area contributed by atoms with E-state index in [-0.39, 0.29) is 42.5 Å². The van der Waals surface area contributed by atoms with Crippen LogP contribution in [0.25, 0.3) is 0 Å². The number of hydrogen-bond donors (Lipinski definition) is 0. The molecule has 0 unspecified atom stereocenters. The third kappa shape index (κ3) is 8.96. The Bertz CT molecular complexity index is 1450. The van der Waals surface area contributed by atoms with Gasteiger partial charge >= 0.3 is 0 Å². The van der Waals surface area contributed by atoms with Gasteiger partial charge in [-0.2, -0.15) is 0 Å². The lowest BCUT2D eigenvalue weighted by molar-refractivity contribution is -0.137. The zero-order valence-electron chi connectivity index (χ0n) is 27.0. The zero-order chi connectivity index (χ0) is 31.1. The van der Waals surface area contributed by atoms with Gasteiger partial charge in [-0.05, 0) is 76.1 Å². The molecule has 1 aliphatic heterocycles. The minimum absolute atomic E-state index is 0. The number of likely N-dealkylation sites (N-methyl/N-ethyl adjacent to an activating group) is 1. The van der Waals surface area contributed by atoms with Crippen LogP contribution in [0.4, 0.5) is 11.4 Å². The van der Waals surface area contributed by atoms with E-state index in [0.717, 1.165) is 30.6 Å². The number of hydrogen-bond acceptors (Lipinski definition) is 6. The van der Waals surface area contributed by atoms with Crippen molar-refractivity contribution in [2.24, 2.45) is 5.41 Å². The van der Waals surface area contributed by atoms with Crippen molar-refractivity contribution in [2.75, 3.05) is 56.7 Å². The number of benzene rings is 2. The lowest BCUT2D eigenvalue weighted by atomic mass is 9.90. The maximum atomic E-state index is 13.1. The molecule has 4 rings (SSSR count). The third-order valence-corrected chi connectivity index (χ3v) is 7.94. The van der Waals surface area contributed by atoms with E-state index >= 15 is 0 Å². The van der Waals surface area contributed by atoms with Crippen molar-refractivity contribution < 1.29 is 19.1 Å². The molecule has 11 heteroatoms. The van der Waals surface area contributed by atoms with Gasteiger partial charge in [0, 0.05) is 70.8 Å². The number of carbonyl (C=O) groups excluding carboxylic acids is 3. The number of aryl methyl sites for hydroxylation is 1. The van der Waals surface area contributed by atoms with Crippen LogP contribution in [-0.2, 0) is 16.1 Å². The summed E-state index contributed by atoms with van der Waals surface area (Å²) in [5, 5.41) is 0. The second kappa shape index (κ2) is 16.6. The van der Waals surface area contributed by atoms with Crippen LogP contribution >= 0.6 is 24.8 Å². The molecule has 0 spiro atoms. The topological polar surface area (TPSA) is 86.3 Å². The largest absolute Gasteiger partial charge is 0.493 e. The van der Waals surface area contributed by atoms with Gasteiger partial charge in [0.05, 0.1) is 18.0 Å². The number of rotatable bonds is 12. The Kier molecular flexibility index (Phi) is 13.8. The second-order valence-electron chi connectivity index (χ2n) is 11.6. The van der Waals surface area contributed by atoms with Gasteiger partial charge in [-0.3, -0.25) is 24.3 Å². The van der Waals surface area contributed by atoms with Crippen LogP contribution in [0.15, 0.2) is 67.0 Å². The van der Waals surface area contributed by atoms with Gasteiger partial charge in [0.1, 0.15) is 11.2 Å². The van der Waals surface area contributed by atoms with Gasteiger partial charge in [0.15, 0.2) is 0 Å². The Morgan fingerprint density at radius 3 is 2.31 bits per heavy atom. The number of amides is 3.